The number of hydrogen-bond donors (Lipinski definition) is 0. The Hall–Kier alpha value is -1.90. The second-order valence-corrected chi connectivity index (χ2v) is 8.17. The summed E-state index contributed by atoms with van der Waals surface area (Å²) in [5.74, 6) is 0. The van der Waals surface area contributed by atoms with Gasteiger partial charge < -0.3 is 0 Å². The van der Waals surface area contributed by atoms with Crippen LogP contribution in [0.1, 0.15) is 9.75 Å². The van der Waals surface area contributed by atoms with Gasteiger partial charge in [0.25, 0.3) is 0 Å². The van der Waals surface area contributed by atoms with E-state index in [4.69, 9.17) is 0 Å². The minimum Gasteiger partial charge on any atom is -0.141 e. The zero-order valence-electron chi connectivity index (χ0n) is 12.6. The number of fused-ring (bicyclic) bond motifs is 1. The number of hydrogen-bond acceptors (Lipinski definition) is 2. The van der Waals surface area contributed by atoms with Crippen LogP contribution in [-0.2, 0) is 0 Å². The van der Waals surface area contributed by atoms with Crippen LogP contribution in [0.15, 0.2) is 60.7 Å². The van der Waals surface area contributed by atoms with Crippen molar-refractivity contribution in [2.45, 2.75) is 13.8 Å². The molecule has 4 aromatic rings. The van der Waals surface area contributed by atoms with E-state index in [0.717, 1.165) is 0 Å². The fourth-order valence-corrected chi connectivity index (χ4v) is 4.46. The van der Waals surface area contributed by atoms with Gasteiger partial charge in [0.1, 0.15) is 0 Å². The molecule has 0 amide bonds. The molecule has 0 bridgehead atoms. The van der Waals surface area contributed by atoms with E-state index in [1.54, 1.807) is 0 Å². The van der Waals surface area contributed by atoms with Gasteiger partial charge in [0.15, 0.2) is 0 Å². The fraction of sp³-hybridized carbons (Fsp3) is 0.100. The Morgan fingerprint density at radius 3 is 1.36 bits per heavy atom. The molecule has 2 aromatic carbocycles. The topological polar surface area (TPSA) is 0 Å². The first-order valence-electron chi connectivity index (χ1n) is 7.36. The van der Waals surface area contributed by atoms with E-state index in [0.29, 0.717) is 0 Å². The van der Waals surface area contributed by atoms with Gasteiger partial charge in [-0.3, -0.25) is 0 Å². The average molecular weight is 320 g/mol. The van der Waals surface area contributed by atoms with Crippen molar-refractivity contribution < 1.29 is 0 Å². The lowest BCUT2D eigenvalue weighted by Crippen LogP contribution is -1.78. The number of benzene rings is 2. The standard InChI is InChI=1S/C20H16S2/c1-13-3-9-19(21-13)17-7-5-16-12-18(8-6-15(16)11-17)20-10-4-14(2)22-20/h3-12H,1-2H3. The Kier molecular flexibility index (Phi) is 3.36. The summed E-state index contributed by atoms with van der Waals surface area (Å²) in [5, 5.41) is 2.61. The van der Waals surface area contributed by atoms with E-state index >= 15 is 0 Å². The summed E-state index contributed by atoms with van der Waals surface area (Å²) in [6.45, 7) is 4.31. The summed E-state index contributed by atoms with van der Waals surface area (Å²) in [4.78, 5) is 5.41. The van der Waals surface area contributed by atoms with Crippen LogP contribution in [0.3, 0.4) is 0 Å². The van der Waals surface area contributed by atoms with Crippen molar-refractivity contribution in [3.05, 3.63) is 70.4 Å². The van der Waals surface area contributed by atoms with Crippen LogP contribution in [0.5, 0.6) is 0 Å². The molecule has 0 aliphatic carbocycles. The largest absolute Gasteiger partial charge is 0.141 e. The highest BCUT2D eigenvalue weighted by Crippen LogP contribution is 2.33. The summed E-state index contributed by atoms with van der Waals surface area (Å²) >= 11 is 3.71. The minimum atomic E-state index is 1.31. The van der Waals surface area contributed by atoms with Gasteiger partial charge in [-0.15, -0.1) is 22.7 Å². The second-order valence-electron chi connectivity index (χ2n) is 5.60. The van der Waals surface area contributed by atoms with Gasteiger partial charge in [0.2, 0.25) is 0 Å². The van der Waals surface area contributed by atoms with Crippen LogP contribution in [0.2, 0.25) is 0 Å². The normalized spacial score (nSPS) is 11.2. The van der Waals surface area contributed by atoms with Crippen LogP contribution >= 0.6 is 22.7 Å². The van der Waals surface area contributed by atoms with Crippen LogP contribution < -0.4 is 0 Å². The molecular weight excluding hydrogens is 304 g/mol. The van der Waals surface area contributed by atoms with Crippen molar-refractivity contribution in [3.8, 4) is 20.9 Å². The van der Waals surface area contributed by atoms with Crippen molar-refractivity contribution in [2.24, 2.45) is 0 Å². The van der Waals surface area contributed by atoms with E-state index < -0.39 is 0 Å². The quantitative estimate of drug-likeness (QED) is 0.376. The van der Waals surface area contributed by atoms with E-state index in [9.17, 15) is 0 Å². The Morgan fingerprint density at radius 1 is 0.545 bits per heavy atom. The van der Waals surface area contributed by atoms with Crippen LogP contribution in [0.4, 0.5) is 0 Å². The fourth-order valence-electron chi connectivity index (χ4n) is 2.73. The predicted octanol–water partition coefficient (Wildman–Crippen LogP) is 6.91. The SMILES string of the molecule is Cc1ccc(-c2ccc3cc(-c4ccc(C)s4)ccc3c2)s1. The van der Waals surface area contributed by atoms with Crippen molar-refractivity contribution in [2.75, 3.05) is 0 Å². The Morgan fingerprint density at radius 2 is 1.00 bits per heavy atom. The molecule has 0 aliphatic heterocycles. The zero-order valence-corrected chi connectivity index (χ0v) is 14.2. The van der Waals surface area contributed by atoms with Crippen LogP contribution in [0, 0.1) is 13.8 Å². The smallest absolute Gasteiger partial charge is 0.0345 e. The maximum absolute atomic E-state index is 2.30. The number of thiophene rings is 2. The molecule has 0 saturated heterocycles. The third-order valence-electron chi connectivity index (χ3n) is 3.89. The van der Waals surface area contributed by atoms with E-state index in [1.165, 1.54) is 41.4 Å². The third kappa shape index (κ3) is 2.49. The van der Waals surface area contributed by atoms with E-state index in [-0.39, 0.29) is 0 Å². The maximum atomic E-state index is 2.30. The zero-order chi connectivity index (χ0) is 15.1. The van der Waals surface area contributed by atoms with Crippen molar-refractivity contribution >= 4 is 33.4 Å². The first-order valence-corrected chi connectivity index (χ1v) is 9.00. The lowest BCUT2D eigenvalue weighted by atomic mass is 10.0. The third-order valence-corrected chi connectivity index (χ3v) is 5.99. The van der Waals surface area contributed by atoms with Crippen LogP contribution in [0.25, 0.3) is 31.7 Å². The molecule has 0 atom stereocenters. The molecule has 0 fully saturated rings. The molecule has 2 aromatic heterocycles. The van der Waals surface area contributed by atoms with Gasteiger partial charge in [0, 0.05) is 19.5 Å². The van der Waals surface area contributed by atoms with Gasteiger partial charge in [-0.25, -0.2) is 0 Å². The van der Waals surface area contributed by atoms with Gasteiger partial charge in [-0.05, 0) is 72.1 Å². The van der Waals surface area contributed by atoms with Crippen molar-refractivity contribution in [3.63, 3.8) is 0 Å². The van der Waals surface area contributed by atoms with E-state index in [2.05, 4.69) is 74.5 Å². The summed E-state index contributed by atoms with van der Waals surface area (Å²) < 4.78 is 0. The van der Waals surface area contributed by atoms with Crippen LogP contribution in [-0.4, -0.2) is 0 Å². The van der Waals surface area contributed by atoms with Gasteiger partial charge in [-0.1, -0.05) is 24.3 Å². The molecule has 0 N–H and O–H groups in total. The maximum Gasteiger partial charge on any atom is 0.0345 e. The molecule has 0 saturated carbocycles. The average Bonchev–Trinajstić information content (AvgIpc) is 3.15. The number of aryl methyl sites for hydroxylation is 2. The van der Waals surface area contributed by atoms with E-state index in [1.807, 2.05) is 22.7 Å². The lowest BCUT2D eigenvalue weighted by molar-refractivity contribution is 1.64. The molecule has 0 spiro atoms. The Balaban J connectivity index is 1.79. The van der Waals surface area contributed by atoms with Crippen molar-refractivity contribution in [1.29, 1.82) is 0 Å². The predicted molar refractivity (Wildman–Crippen MR) is 100 cm³/mol. The molecule has 0 unspecified atom stereocenters. The highest BCUT2D eigenvalue weighted by atomic mass is 32.1. The highest BCUT2D eigenvalue weighted by Gasteiger charge is 2.05. The molecule has 2 heteroatoms. The molecule has 0 aliphatic rings. The second kappa shape index (κ2) is 5.38. The van der Waals surface area contributed by atoms with Crippen molar-refractivity contribution in [1.82, 2.24) is 0 Å². The molecular formula is C20H16S2. The monoisotopic (exact) mass is 320 g/mol. The highest BCUT2D eigenvalue weighted by molar-refractivity contribution is 7.15. The molecule has 22 heavy (non-hydrogen) atoms. The first kappa shape index (κ1) is 13.7. The Labute approximate surface area is 138 Å². The molecule has 0 radical (unpaired) electrons. The molecule has 108 valence electrons. The summed E-state index contributed by atoms with van der Waals surface area (Å²) in [7, 11) is 0. The van der Waals surface area contributed by atoms with Gasteiger partial charge in [0.05, 0.1) is 0 Å². The first-order chi connectivity index (χ1) is 10.7. The summed E-state index contributed by atoms with van der Waals surface area (Å²) in [6, 6.07) is 22.3. The molecule has 2 heterocycles. The molecule has 0 nitrogen and oxygen atoms in total. The lowest BCUT2D eigenvalue weighted by Gasteiger charge is -2.04. The van der Waals surface area contributed by atoms with Gasteiger partial charge >= 0.3 is 0 Å². The summed E-state index contributed by atoms with van der Waals surface area (Å²) in [6.07, 6.45) is 0. The minimum absolute atomic E-state index is 1.31. The van der Waals surface area contributed by atoms with Gasteiger partial charge in [-0.2, -0.15) is 0 Å². The summed E-state index contributed by atoms with van der Waals surface area (Å²) in [5.41, 5.74) is 2.62. The molecule has 4 rings (SSSR count). The number of rotatable bonds is 2. The Bertz CT molecular complexity index is 877.